The van der Waals surface area contributed by atoms with E-state index in [4.69, 9.17) is 0 Å². The van der Waals surface area contributed by atoms with Crippen LogP contribution in [-0.2, 0) is 4.79 Å². The van der Waals surface area contributed by atoms with E-state index < -0.39 is 5.54 Å². The van der Waals surface area contributed by atoms with Gasteiger partial charge in [0.1, 0.15) is 5.54 Å². The van der Waals surface area contributed by atoms with Crippen molar-refractivity contribution < 1.29 is 4.79 Å². The molecule has 1 N–H and O–H groups in total. The van der Waals surface area contributed by atoms with E-state index in [9.17, 15) is 10.1 Å². The summed E-state index contributed by atoms with van der Waals surface area (Å²) < 4.78 is 2.12. The molecule has 2 aromatic heterocycles. The molecule has 1 aliphatic rings. The second-order valence-corrected chi connectivity index (χ2v) is 8.67. The monoisotopic (exact) mass is 384 g/mol. The number of hydrogen-bond acceptors (Lipinski definition) is 6. The Balaban J connectivity index is 1.79. The lowest BCUT2D eigenvalue weighted by atomic mass is 9.90. The van der Waals surface area contributed by atoms with Crippen molar-refractivity contribution in [2.24, 2.45) is 5.92 Å². The molecule has 7 nitrogen and oxygen atoms in total. The van der Waals surface area contributed by atoms with Gasteiger partial charge < -0.3 is 5.32 Å². The SMILES string of the molecule is CC(C)[C@@](C)(C#N)NC(=O)[C@H](C)Sc1nnc(-c2ccncc2)n1C1CC1. The van der Waals surface area contributed by atoms with Gasteiger partial charge in [0.25, 0.3) is 0 Å². The van der Waals surface area contributed by atoms with Gasteiger partial charge in [-0.1, -0.05) is 25.6 Å². The number of nitrogens with one attached hydrogen (secondary N) is 1. The summed E-state index contributed by atoms with van der Waals surface area (Å²) in [5, 5.41) is 21.3. The van der Waals surface area contributed by atoms with E-state index in [0.29, 0.717) is 6.04 Å². The molecule has 1 amide bonds. The maximum absolute atomic E-state index is 12.7. The Kier molecular flexibility index (Phi) is 5.51. The van der Waals surface area contributed by atoms with Crippen LogP contribution in [-0.4, -0.2) is 36.4 Å². The topological polar surface area (TPSA) is 96.5 Å². The molecule has 2 heterocycles. The lowest BCUT2D eigenvalue weighted by molar-refractivity contribution is -0.121. The van der Waals surface area contributed by atoms with Crippen LogP contribution in [0.15, 0.2) is 29.7 Å². The molecule has 1 saturated carbocycles. The van der Waals surface area contributed by atoms with Crippen LogP contribution in [0.5, 0.6) is 0 Å². The van der Waals surface area contributed by atoms with E-state index in [1.807, 2.05) is 32.9 Å². The summed E-state index contributed by atoms with van der Waals surface area (Å²) in [6.07, 6.45) is 5.64. The van der Waals surface area contributed by atoms with Gasteiger partial charge in [0, 0.05) is 24.0 Å². The van der Waals surface area contributed by atoms with Gasteiger partial charge in [0.15, 0.2) is 11.0 Å². The van der Waals surface area contributed by atoms with Crippen LogP contribution in [0.2, 0.25) is 0 Å². The van der Waals surface area contributed by atoms with Crippen molar-refractivity contribution >= 4 is 17.7 Å². The Morgan fingerprint density at radius 2 is 2.00 bits per heavy atom. The largest absolute Gasteiger partial charge is 0.337 e. The van der Waals surface area contributed by atoms with Crippen LogP contribution >= 0.6 is 11.8 Å². The van der Waals surface area contributed by atoms with Crippen LogP contribution in [0.1, 0.15) is 46.6 Å². The first-order valence-electron chi connectivity index (χ1n) is 9.11. The standard InChI is InChI=1S/C19H24N6OS/c1-12(2)19(4,11-20)22-17(26)13(3)27-18-24-23-16(25(18)15-5-6-15)14-7-9-21-10-8-14/h7-10,12-13,15H,5-6H2,1-4H3,(H,22,26)/t13-,19+/m0/s1. The lowest BCUT2D eigenvalue weighted by Crippen LogP contribution is -2.51. The first-order valence-corrected chi connectivity index (χ1v) is 9.99. The maximum Gasteiger partial charge on any atom is 0.234 e. The lowest BCUT2D eigenvalue weighted by Gasteiger charge is -2.28. The van der Waals surface area contributed by atoms with E-state index in [1.165, 1.54) is 11.8 Å². The van der Waals surface area contributed by atoms with Crippen molar-refractivity contribution in [3.8, 4) is 17.5 Å². The van der Waals surface area contributed by atoms with Gasteiger partial charge in [-0.05, 0) is 44.7 Å². The van der Waals surface area contributed by atoms with Gasteiger partial charge in [-0.15, -0.1) is 10.2 Å². The number of nitrogens with zero attached hydrogens (tertiary/aromatic N) is 5. The van der Waals surface area contributed by atoms with Gasteiger partial charge >= 0.3 is 0 Å². The molecule has 8 heteroatoms. The molecular formula is C19H24N6OS. The molecular weight excluding hydrogens is 360 g/mol. The Morgan fingerprint density at radius 1 is 1.33 bits per heavy atom. The second kappa shape index (κ2) is 7.69. The van der Waals surface area contributed by atoms with Crippen LogP contribution in [0.25, 0.3) is 11.4 Å². The molecule has 0 unspecified atom stereocenters. The Hall–Kier alpha value is -2.40. The molecule has 0 aliphatic heterocycles. The number of rotatable bonds is 7. The molecule has 0 bridgehead atoms. The van der Waals surface area contributed by atoms with Crippen molar-refractivity contribution in [3.63, 3.8) is 0 Å². The van der Waals surface area contributed by atoms with Gasteiger partial charge in [-0.25, -0.2) is 0 Å². The van der Waals surface area contributed by atoms with E-state index in [1.54, 1.807) is 19.3 Å². The number of aromatic nitrogens is 4. The predicted molar refractivity (Wildman–Crippen MR) is 104 cm³/mol. The van der Waals surface area contributed by atoms with Crippen LogP contribution in [0.3, 0.4) is 0 Å². The van der Waals surface area contributed by atoms with Crippen LogP contribution in [0.4, 0.5) is 0 Å². The zero-order valence-corrected chi connectivity index (χ0v) is 16.8. The van der Waals surface area contributed by atoms with Gasteiger partial charge in [0.05, 0.1) is 11.3 Å². The van der Waals surface area contributed by atoms with Gasteiger partial charge in [0.2, 0.25) is 5.91 Å². The minimum Gasteiger partial charge on any atom is -0.337 e. The first kappa shape index (κ1) is 19.4. The third-order valence-electron chi connectivity index (χ3n) is 4.94. The number of thioether (sulfide) groups is 1. The number of amides is 1. The smallest absolute Gasteiger partial charge is 0.234 e. The molecule has 0 radical (unpaired) electrons. The van der Waals surface area contributed by atoms with Crippen molar-refractivity contribution in [1.29, 1.82) is 5.26 Å². The Morgan fingerprint density at radius 3 is 2.56 bits per heavy atom. The molecule has 1 aliphatic carbocycles. The molecule has 0 saturated heterocycles. The Labute approximate surface area is 163 Å². The third kappa shape index (κ3) is 4.14. The first-order chi connectivity index (χ1) is 12.9. The van der Waals surface area contributed by atoms with Crippen LogP contribution in [0, 0.1) is 17.2 Å². The van der Waals surface area contributed by atoms with Crippen molar-refractivity contribution in [3.05, 3.63) is 24.5 Å². The fourth-order valence-corrected chi connectivity index (χ4v) is 3.51. The molecule has 1 fully saturated rings. The Bertz CT molecular complexity index is 855. The van der Waals surface area contributed by atoms with E-state index in [0.717, 1.165) is 29.4 Å². The predicted octanol–water partition coefficient (Wildman–Crippen LogP) is 3.21. The highest BCUT2D eigenvalue weighted by Crippen LogP contribution is 2.41. The number of hydrogen-bond donors (Lipinski definition) is 1. The summed E-state index contributed by atoms with van der Waals surface area (Å²) in [6, 6.07) is 6.41. The number of pyridine rings is 1. The molecule has 0 spiro atoms. The van der Waals surface area contributed by atoms with E-state index in [2.05, 4.69) is 31.1 Å². The maximum atomic E-state index is 12.7. The third-order valence-corrected chi connectivity index (χ3v) is 5.99. The van der Waals surface area contributed by atoms with E-state index >= 15 is 0 Å². The van der Waals surface area contributed by atoms with Crippen LogP contribution < -0.4 is 5.32 Å². The zero-order chi connectivity index (χ0) is 19.6. The van der Waals surface area contributed by atoms with Crippen molar-refractivity contribution in [2.45, 2.75) is 62.5 Å². The molecule has 0 aromatic carbocycles. The van der Waals surface area contributed by atoms with Gasteiger partial charge in [-0.2, -0.15) is 5.26 Å². The highest BCUT2D eigenvalue weighted by atomic mass is 32.2. The van der Waals surface area contributed by atoms with Crippen molar-refractivity contribution in [1.82, 2.24) is 25.1 Å². The molecule has 2 aromatic rings. The quantitative estimate of drug-likeness (QED) is 0.736. The minimum absolute atomic E-state index is 0.0112. The fourth-order valence-electron chi connectivity index (χ4n) is 2.59. The molecule has 2 atom stereocenters. The van der Waals surface area contributed by atoms with Gasteiger partial charge in [-0.3, -0.25) is 14.3 Å². The molecule has 142 valence electrons. The van der Waals surface area contributed by atoms with Crippen molar-refractivity contribution in [2.75, 3.05) is 0 Å². The molecule has 27 heavy (non-hydrogen) atoms. The summed E-state index contributed by atoms with van der Waals surface area (Å²) in [7, 11) is 0. The number of nitriles is 1. The fraction of sp³-hybridized carbons (Fsp3) is 0.526. The highest BCUT2D eigenvalue weighted by Gasteiger charge is 2.34. The summed E-state index contributed by atoms with van der Waals surface area (Å²) in [5.74, 6) is 0.643. The highest BCUT2D eigenvalue weighted by molar-refractivity contribution is 8.00. The second-order valence-electron chi connectivity index (χ2n) is 7.36. The summed E-state index contributed by atoms with van der Waals surface area (Å²) >= 11 is 1.38. The normalized spacial score (nSPS) is 17.2. The van der Waals surface area contributed by atoms with E-state index in [-0.39, 0.29) is 17.1 Å². The number of carbonyl (C=O) groups excluding carboxylic acids is 1. The zero-order valence-electron chi connectivity index (χ0n) is 16.0. The average Bonchev–Trinajstić information content (AvgIpc) is 3.42. The summed E-state index contributed by atoms with van der Waals surface area (Å²) in [6.45, 7) is 7.43. The minimum atomic E-state index is -0.891. The number of carbonyl (C=O) groups is 1. The summed E-state index contributed by atoms with van der Waals surface area (Å²) in [5.41, 5.74) is 0.0726. The average molecular weight is 385 g/mol. The summed E-state index contributed by atoms with van der Waals surface area (Å²) in [4.78, 5) is 16.7. The molecule has 3 rings (SSSR count).